The monoisotopic (exact) mass is 359 g/mol. The van der Waals surface area contributed by atoms with Crippen LogP contribution in [0.2, 0.25) is 0 Å². The van der Waals surface area contributed by atoms with Crippen molar-refractivity contribution in [3.63, 3.8) is 0 Å². The Morgan fingerprint density at radius 3 is 2.64 bits per heavy atom. The van der Waals surface area contributed by atoms with Crippen LogP contribution in [-0.4, -0.2) is 43.6 Å². The Hall–Kier alpha value is -1.76. The molecule has 6 nitrogen and oxygen atoms in total. The number of likely N-dealkylation sites (tertiary alicyclic amines) is 1. The third-order valence-corrected chi connectivity index (χ3v) is 7.00. The second-order valence-corrected chi connectivity index (χ2v) is 8.81. The minimum atomic E-state index is 0.137. The smallest absolute Gasteiger partial charge is 0.265 e. The van der Waals surface area contributed by atoms with E-state index in [1.54, 1.807) is 6.33 Å². The Morgan fingerprint density at radius 1 is 1.28 bits per heavy atom. The summed E-state index contributed by atoms with van der Waals surface area (Å²) in [7, 11) is 2.01. The highest BCUT2D eigenvalue weighted by atomic mass is 32.1. The van der Waals surface area contributed by atoms with Crippen molar-refractivity contribution in [3.05, 3.63) is 27.7 Å². The van der Waals surface area contributed by atoms with E-state index in [0.717, 1.165) is 34.5 Å². The molecule has 7 heteroatoms. The Morgan fingerprint density at radius 2 is 2.04 bits per heavy atom. The summed E-state index contributed by atoms with van der Waals surface area (Å²) < 4.78 is 2.02. The molecule has 1 saturated heterocycles. The van der Waals surface area contributed by atoms with Crippen molar-refractivity contribution in [2.45, 2.75) is 51.9 Å². The van der Waals surface area contributed by atoms with Gasteiger partial charge in [-0.05, 0) is 32.1 Å². The second-order valence-electron chi connectivity index (χ2n) is 7.61. The molecule has 0 aromatic carbocycles. The lowest BCUT2D eigenvalue weighted by Crippen LogP contribution is -2.34. The maximum atomic E-state index is 13.2. The molecule has 25 heavy (non-hydrogen) atoms. The van der Waals surface area contributed by atoms with Crippen molar-refractivity contribution in [2.75, 3.05) is 13.1 Å². The first kappa shape index (κ1) is 16.7. The van der Waals surface area contributed by atoms with E-state index in [1.165, 1.54) is 43.4 Å². The van der Waals surface area contributed by atoms with Gasteiger partial charge in [-0.1, -0.05) is 19.3 Å². The van der Waals surface area contributed by atoms with Crippen LogP contribution in [-0.2, 0) is 7.05 Å². The summed E-state index contributed by atoms with van der Waals surface area (Å²) in [6.07, 6.45) is 7.91. The number of aryl methyl sites for hydroxylation is 3. The highest BCUT2D eigenvalue weighted by molar-refractivity contribution is 7.13. The van der Waals surface area contributed by atoms with E-state index < -0.39 is 0 Å². The third-order valence-electron chi connectivity index (χ3n) is 5.94. The zero-order chi connectivity index (χ0) is 17.6. The summed E-state index contributed by atoms with van der Waals surface area (Å²) >= 11 is 1.51. The molecule has 1 atom stereocenters. The average molecular weight is 359 g/mol. The van der Waals surface area contributed by atoms with Crippen molar-refractivity contribution in [1.82, 2.24) is 24.6 Å². The van der Waals surface area contributed by atoms with Gasteiger partial charge in [-0.3, -0.25) is 4.79 Å². The molecule has 2 aliphatic rings. The lowest BCUT2D eigenvalue weighted by atomic mass is 9.67. The molecular formula is C18H25N5OS. The van der Waals surface area contributed by atoms with E-state index in [-0.39, 0.29) is 17.2 Å². The SMILES string of the molecule is Cc1nc(C)c(C(=O)N2CC(c3nncn3C)C3(CCCCC3)C2)s1. The van der Waals surface area contributed by atoms with Crippen LogP contribution >= 0.6 is 11.3 Å². The summed E-state index contributed by atoms with van der Waals surface area (Å²) in [5.74, 6) is 1.44. The first-order valence-electron chi connectivity index (χ1n) is 9.07. The molecule has 1 unspecified atom stereocenters. The molecule has 2 aromatic rings. The average Bonchev–Trinajstić information content (AvgIpc) is 3.25. The third kappa shape index (κ3) is 2.78. The number of thiazole rings is 1. The van der Waals surface area contributed by atoms with Crippen molar-refractivity contribution >= 4 is 17.2 Å². The first-order valence-corrected chi connectivity index (χ1v) is 9.89. The molecule has 0 N–H and O–H groups in total. The van der Waals surface area contributed by atoms with Crippen LogP contribution in [0.4, 0.5) is 0 Å². The van der Waals surface area contributed by atoms with Gasteiger partial charge < -0.3 is 9.47 Å². The molecule has 0 radical (unpaired) electrons. The van der Waals surface area contributed by atoms with E-state index in [2.05, 4.69) is 15.2 Å². The molecule has 1 aliphatic heterocycles. The zero-order valence-corrected chi connectivity index (χ0v) is 16.0. The normalized spacial score (nSPS) is 22.7. The molecular weight excluding hydrogens is 334 g/mol. The number of carbonyl (C=O) groups excluding carboxylic acids is 1. The highest BCUT2D eigenvalue weighted by Gasteiger charge is 2.50. The standard InChI is InChI=1S/C18H25N5OS/c1-12-15(25-13(2)20-12)17(24)23-9-14(16-21-19-11-22(16)3)18(10-23)7-5-4-6-8-18/h11,14H,4-10H2,1-3H3. The molecule has 3 heterocycles. The van der Waals surface area contributed by atoms with Gasteiger partial charge in [0.05, 0.1) is 10.7 Å². The predicted molar refractivity (Wildman–Crippen MR) is 96.8 cm³/mol. The van der Waals surface area contributed by atoms with Gasteiger partial charge in [0.1, 0.15) is 17.0 Å². The quantitative estimate of drug-likeness (QED) is 0.827. The van der Waals surface area contributed by atoms with Crippen LogP contribution in [0.1, 0.15) is 64.2 Å². The largest absolute Gasteiger partial charge is 0.337 e. The number of nitrogens with zero attached hydrogens (tertiary/aromatic N) is 5. The summed E-state index contributed by atoms with van der Waals surface area (Å²) in [5.41, 5.74) is 1.01. The lowest BCUT2D eigenvalue weighted by molar-refractivity contribution is 0.0762. The Kier molecular flexibility index (Phi) is 4.14. The van der Waals surface area contributed by atoms with E-state index in [0.29, 0.717) is 0 Å². The van der Waals surface area contributed by atoms with Crippen LogP contribution in [0.5, 0.6) is 0 Å². The Labute approximate surface area is 152 Å². The second kappa shape index (κ2) is 6.20. The van der Waals surface area contributed by atoms with Crippen LogP contribution in [0.15, 0.2) is 6.33 Å². The van der Waals surface area contributed by atoms with Gasteiger partial charge in [0.2, 0.25) is 0 Å². The minimum Gasteiger partial charge on any atom is -0.337 e. The van der Waals surface area contributed by atoms with Gasteiger partial charge >= 0.3 is 0 Å². The molecule has 0 bridgehead atoms. The van der Waals surface area contributed by atoms with Crippen molar-refractivity contribution in [1.29, 1.82) is 0 Å². The topological polar surface area (TPSA) is 63.9 Å². The van der Waals surface area contributed by atoms with Gasteiger partial charge in [-0.25, -0.2) is 4.98 Å². The van der Waals surface area contributed by atoms with Crippen LogP contribution in [0.3, 0.4) is 0 Å². The number of hydrogen-bond acceptors (Lipinski definition) is 5. The lowest BCUT2D eigenvalue weighted by Gasteiger charge is -2.37. The number of aromatic nitrogens is 4. The van der Waals surface area contributed by atoms with Gasteiger partial charge in [-0.15, -0.1) is 21.5 Å². The molecule has 1 amide bonds. The minimum absolute atomic E-state index is 0.137. The fourth-order valence-corrected chi connectivity index (χ4v) is 5.61. The maximum absolute atomic E-state index is 13.2. The molecule has 134 valence electrons. The van der Waals surface area contributed by atoms with Crippen molar-refractivity contribution in [3.8, 4) is 0 Å². The van der Waals surface area contributed by atoms with Crippen molar-refractivity contribution in [2.24, 2.45) is 12.5 Å². The fraction of sp³-hybridized carbons (Fsp3) is 0.667. The van der Waals surface area contributed by atoms with Crippen LogP contribution in [0, 0.1) is 19.3 Å². The fourth-order valence-electron chi connectivity index (χ4n) is 4.72. The molecule has 1 spiro atoms. The Balaban J connectivity index is 1.67. The predicted octanol–water partition coefficient (Wildman–Crippen LogP) is 3.08. The Bertz CT molecular complexity index is 789. The maximum Gasteiger partial charge on any atom is 0.265 e. The summed E-state index contributed by atoms with van der Waals surface area (Å²) in [6.45, 7) is 5.47. The number of hydrogen-bond donors (Lipinski definition) is 0. The van der Waals surface area contributed by atoms with E-state index in [9.17, 15) is 4.79 Å². The van der Waals surface area contributed by atoms with Gasteiger partial charge in [0.25, 0.3) is 5.91 Å². The van der Waals surface area contributed by atoms with Crippen LogP contribution in [0.25, 0.3) is 0 Å². The first-order chi connectivity index (χ1) is 12.0. The molecule has 1 saturated carbocycles. The molecule has 1 aliphatic carbocycles. The number of carbonyl (C=O) groups is 1. The summed E-state index contributed by atoms with van der Waals surface area (Å²) in [6, 6.07) is 0. The van der Waals surface area contributed by atoms with E-state index in [4.69, 9.17) is 0 Å². The van der Waals surface area contributed by atoms with Gasteiger partial charge in [0, 0.05) is 26.1 Å². The van der Waals surface area contributed by atoms with Crippen LogP contribution < -0.4 is 0 Å². The van der Waals surface area contributed by atoms with E-state index in [1.807, 2.05) is 30.4 Å². The zero-order valence-electron chi connectivity index (χ0n) is 15.2. The molecule has 2 fully saturated rings. The summed E-state index contributed by atoms with van der Waals surface area (Å²) in [4.78, 5) is 20.4. The number of amides is 1. The summed E-state index contributed by atoms with van der Waals surface area (Å²) in [5, 5.41) is 9.45. The highest BCUT2D eigenvalue weighted by Crippen LogP contribution is 2.51. The van der Waals surface area contributed by atoms with Gasteiger partial charge in [-0.2, -0.15) is 0 Å². The molecule has 2 aromatic heterocycles. The number of rotatable bonds is 2. The van der Waals surface area contributed by atoms with E-state index >= 15 is 0 Å². The van der Waals surface area contributed by atoms with Crippen molar-refractivity contribution < 1.29 is 4.79 Å². The molecule has 4 rings (SSSR count). The van der Waals surface area contributed by atoms with Gasteiger partial charge in [0.15, 0.2) is 0 Å².